The minimum absolute atomic E-state index is 0. The van der Waals surface area contributed by atoms with Crippen molar-refractivity contribution >= 4 is 29.9 Å². The van der Waals surface area contributed by atoms with Crippen LogP contribution in [0, 0.1) is 0 Å². The number of piperazine rings is 1. The molecule has 1 rings (SSSR count). The van der Waals surface area contributed by atoms with Gasteiger partial charge in [0.25, 0.3) is 0 Å². The number of nitrogens with one attached hydrogen (secondary N) is 2. The highest BCUT2D eigenvalue weighted by Gasteiger charge is 2.21. The predicted molar refractivity (Wildman–Crippen MR) is 107 cm³/mol. The SMILES string of the molecule is CCCCCCNC(=NCC1CN(C)CCN1C)NCC.I. The maximum absolute atomic E-state index is 4.77. The fourth-order valence-electron chi connectivity index (χ4n) is 2.60. The van der Waals surface area contributed by atoms with Crippen LogP contribution in [0.3, 0.4) is 0 Å². The molecule has 1 atom stereocenters. The first-order valence-corrected chi connectivity index (χ1v) is 8.58. The zero-order chi connectivity index (χ0) is 15.5. The van der Waals surface area contributed by atoms with Gasteiger partial charge in [-0.25, -0.2) is 0 Å². The number of rotatable bonds is 8. The van der Waals surface area contributed by atoms with E-state index in [0.29, 0.717) is 6.04 Å². The third kappa shape index (κ3) is 9.15. The Morgan fingerprint density at radius 1 is 1.09 bits per heavy atom. The standard InChI is InChI=1S/C16H35N5.HI/c1-5-7-8-9-10-18-16(17-6-2)19-13-15-14-20(3)11-12-21(15)4;/h15H,5-14H2,1-4H3,(H2,17,18,19);1H. The van der Waals surface area contributed by atoms with Gasteiger partial charge in [-0.05, 0) is 27.4 Å². The van der Waals surface area contributed by atoms with E-state index in [2.05, 4.69) is 48.4 Å². The Morgan fingerprint density at radius 3 is 2.55 bits per heavy atom. The Bertz CT molecular complexity index is 298. The second-order valence-electron chi connectivity index (χ2n) is 6.10. The molecule has 5 nitrogen and oxygen atoms in total. The molecule has 0 amide bonds. The summed E-state index contributed by atoms with van der Waals surface area (Å²) in [7, 11) is 4.40. The maximum Gasteiger partial charge on any atom is 0.191 e. The molecule has 1 fully saturated rings. The molecular formula is C16H36IN5. The van der Waals surface area contributed by atoms with E-state index in [0.717, 1.165) is 45.2 Å². The molecule has 1 unspecified atom stereocenters. The number of hydrogen-bond donors (Lipinski definition) is 2. The molecule has 1 saturated heterocycles. The molecule has 0 radical (unpaired) electrons. The van der Waals surface area contributed by atoms with Crippen LogP contribution in [-0.2, 0) is 0 Å². The van der Waals surface area contributed by atoms with Gasteiger partial charge in [0.2, 0.25) is 0 Å². The molecule has 0 aromatic rings. The number of guanidine groups is 1. The summed E-state index contributed by atoms with van der Waals surface area (Å²) >= 11 is 0. The molecule has 0 aromatic heterocycles. The lowest BCUT2D eigenvalue weighted by molar-refractivity contribution is 0.119. The molecule has 0 aromatic carbocycles. The highest BCUT2D eigenvalue weighted by molar-refractivity contribution is 14.0. The van der Waals surface area contributed by atoms with E-state index in [1.54, 1.807) is 0 Å². The van der Waals surface area contributed by atoms with Crippen LogP contribution in [0.1, 0.15) is 39.5 Å². The lowest BCUT2D eigenvalue weighted by atomic mass is 10.2. The Kier molecular flexibility index (Phi) is 13.3. The second-order valence-corrected chi connectivity index (χ2v) is 6.10. The van der Waals surface area contributed by atoms with Crippen molar-refractivity contribution in [2.75, 3.05) is 53.4 Å². The number of nitrogens with zero attached hydrogens (tertiary/aromatic N) is 3. The van der Waals surface area contributed by atoms with Crippen LogP contribution in [0.5, 0.6) is 0 Å². The van der Waals surface area contributed by atoms with Crippen LogP contribution in [0.15, 0.2) is 4.99 Å². The highest BCUT2D eigenvalue weighted by Crippen LogP contribution is 2.06. The fourth-order valence-corrected chi connectivity index (χ4v) is 2.60. The number of likely N-dealkylation sites (N-methyl/N-ethyl adjacent to an activating group) is 2. The summed E-state index contributed by atoms with van der Waals surface area (Å²) in [5, 5.41) is 6.80. The first-order valence-electron chi connectivity index (χ1n) is 8.58. The minimum atomic E-state index is 0. The molecule has 0 saturated carbocycles. The van der Waals surface area contributed by atoms with E-state index in [1.807, 2.05) is 0 Å². The van der Waals surface area contributed by atoms with Gasteiger partial charge in [-0.2, -0.15) is 0 Å². The summed E-state index contributed by atoms with van der Waals surface area (Å²) in [6, 6.07) is 0.527. The zero-order valence-corrected chi connectivity index (χ0v) is 17.2. The minimum Gasteiger partial charge on any atom is -0.357 e. The molecule has 0 aliphatic carbocycles. The molecule has 0 bridgehead atoms. The number of aliphatic imine (C=N–C) groups is 1. The summed E-state index contributed by atoms with van der Waals surface area (Å²) in [6.07, 6.45) is 5.15. The largest absolute Gasteiger partial charge is 0.357 e. The van der Waals surface area contributed by atoms with Gasteiger partial charge in [0.05, 0.1) is 6.54 Å². The molecule has 1 heterocycles. The monoisotopic (exact) mass is 425 g/mol. The maximum atomic E-state index is 4.77. The van der Waals surface area contributed by atoms with Crippen LogP contribution < -0.4 is 10.6 Å². The van der Waals surface area contributed by atoms with Crippen molar-refractivity contribution in [1.82, 2.24) is 20.4 Å². The second kappa shape index (κ2) is 13.4. The van der Waals surface area contributed by atoms with Crippen molar-refractivity contribution in [3.8, 4) is 0 Å². The van der Waals surface area contributed by atoms with Crippen LogP contribution in [-0.4, -0.2) is 75.2 Å². The van der Waals surface area contributed by atoms with Gasteiger partial charge in [0.15, 0.2) is 5.96 Å². The van der Waals surface area contributed by atoms with E-state index < -0.39 is 0 Å². The van der Waals surface area contributed by atoms with Gasteiger partial charge in [0.1, 0.15) is 0 Å². The average molecular weight is 425 g/mol. The molecular weight excluding hydrogens is 389 g/mol. The molecule has 132 valence electrons. The van der Waals surface area contributed by atoms with E-state index in [-0.39, 0.29) is 24.0 Å². The van der Waals surface area contributed by atoms with E-state index in [4.69, 9.17) is 4.99 Å². The molecule has 1 aliphatic heterocycles. The normalized spacial score (nSPS) is 20.5. The third-order valence-electron chi connectivity index (χ3n) is 4.11. The van der Waals surface area contributed by atoms with E-state index in [9.17, 15) is 0 Å². The Morgan fingerprint density at radius 2 is 1.86 bits per heavy atom. The average Bonchev–Trinajstić information content (AvgIpc) is 2.47. The fraction of sp³-hybridized carbons (Fsp3) is 0.938. The van der Waals surface area contributed by atoms with Crippen molar-refractivity contribution in [3.05, 3.63) is 0 Å². The topological polar surface area (TPSA) is 42.9 Å². The van der Waals surface area contributed by atoms with Crippen molar-refractivity contribution in [3.63, 3.8) is 0 Å². The number of unbranched alkanes of at least 4 members (excludes halogenated alkanes) is 3. The lowest BCUT2D eigenvalue weighted by Gasteiger charge is -2.36. The van der Waals surface area contributed by atoms with Crippen molar-refractivity contribution in [1.29, 1.82) is 0 Å². The van der Waals surface area contributed by atoms with E-state index in [1.165, 1.54) is 25.7 Å². The summed E-state index contributed by atoms with van der Waals surface area (Å²) in [6.45, 7) is 10.6. The van der Waals surface area contributed by atoms with Gasteiger partial charge >= 0.3 is 0 Å². The summed E-state index contributed by atoms with van der Waals surface area (Å²) in [4.78, 5) is 9.58. The van der Waals surface area contributed by atoms with Gasteiger partial charge in [0, 0.05) is 38.8 Å². The smallest absolute Gasteiger partial charge is 0.191 e. The quantitative estimate of drug-likeness (QED) is 0.270. The van der Waals surface area contributed by atoms with Gasteiger partial charge in [-0.3, -0.25) is 9.89 Å². The first kappa shape index (κ1) is 21.9. The molecule has 2 N–H and O–H groups in total. The highest BCUT2D eigenvalue weighted by atomic mass is 127. The Hall–Kier alpha value is -0.0800. The van der Waals surface area contributed by atoms with Crippen LogP contribution in [0.25, 0.3) is 0 Å². The number of halogens is 1. The first-order chi connectivity index (χ1) is 10.2. The molecule has 0 spiro atoms. The Labute approximate surface area is 154 Å². The van der Waals surface area contributed by atoms with Crippen LogP contribution >= 0.6 is 24.0 Å². The summed E-state index contributed by atoms with van der Waals surface area (Å²) in [5.41, 5.74) is 0. The summed E-state index contributed by atoms with van der Waals surface area (Å²) in [5.74, 6) is 0.968. The van der Waals surface area contributed by atoms with Gasteiger partial charge < -0.3 is 15.5 Å². The van der Waals surface area contributed by atoms with E-state index >= 15 is 0 Å². The molecule has 1 aliphatic rings. The van der Waals surface area contributed by atoms with Crippen LogP contribution in [0.4, 0.5) is 0 Å². The van der Waals surface area contributed by atoms with Gasteiger partial charge in [-0.15, -0.1) is 24.0 Å². The van der Waals surface area contributed by atoms with Crippen molar-refractivity contribution in [2.45, 2.75) is 45.6 Å². The van der Waals surface area contributed by atoms with Crippen LogP contribution in [0.2, 0.25) is 0 Å². The lowest BCUT2D eigenvalue weighted by Crippen LogP contribution is -2.51. The third-order valence-corrected chi connectivity index (χ3v) is 4.11. The zero-order valence-electron chi connectivity index (χ0n) is 14.9. The van der Waals surface area contributed by atoms with Crippen molar-refractivity contribution in [2.24, 2.45) is 4.99 Å². The number of hydrogen-bond acceptors (Lipinski definition) is 3. The van der Waals surface area contributed by atoms with Crippen molar-refractivity contribution < 1.29 is 0 Å². The summed E-state index contributed by atoms with van der Waals surface area (Å²) < 4.78 is 0. The molecule has 6 heteroatoms. The predicted octanol–water partition coefficient (Wildman–Crippen LogP) is 1.99. The molecule has 22 heavy (non-hydrogen) atoms. The van der Waals surface area contributed by atoms with Gasteiger partial charge in [-0.1, -0.05) is 26.2 Å². The Balaban J connectivity index is 0.00000441.